The lowest BCUT2D eigenvalue weighted by Crippen LogP contribution is -2.13. The quantitative estimate of drug-likeness (QED) is 0.434. The van der Waals surface area contributed by atoms with Crippen molar-refractivity contribution < 1.29 is 19.1 Å². The molecular weight excluding hydrogens is 280 g/mol. The Labute approximate surface area is 122 Å². The van der Waals surface area contributed by atoms with Crippen molar-refractivity contribution in [2.45, 2.75) is 20.8 Å². The number of nitrogen functional groups attached to an aromatic ring is 1. The maximum absolute atomic E-state index is 11.9. The highest BCUT2D eigenvalue weighted by molar-refractivity contribution is 7.19. The highest BCUT2D eigenvalue weighted by atomic mass is 32.1. The number of ether oxygens (including phenoxy) is 2. The van der Waals surface area contributed by atoms with Gasteiger partial charge in [0.15, 0.2) is 5.78 Å². The SMILES string of the molecule is CCOCCNc1sc(C(C)=O)c(N)c1C(=O)OCC. The van der Waals surface area contributed by atoms with Gasteiger partial charge < -0.3 is 20.5 Å². The van der Waals surface area contributed by atoms with Crippen LogP contribution in [-0.4, -0.2) is 38.1 Å². The second-order valence-electron chi connectivity index (χ2n) is 3.95. The Bertz CT molecular complexity index is 485. The van der Waals surface area contributed by atoms with Crippen molar-refractivity contribution in [3.63, 3.8) is 0 Å². The predicted molar refractivity (Wildman–Crippen MR) is 79.7 cm³/mol. The second-order valence-corrected chi connectivity index (χ2v) is 4.97. The standard InChI is InChI=1S/C13H20N2O4S/c1-4-18-7-6-15-12-9(13(17)19-5-2)10(14)11(20-12)8(3)16/h15H,4-7,14H2,1-3H3. The molecule has 0 spiro atoms. The van der Waals surface area contributed by atoms with Crippen molar-refractivity contribution in [3.05, 3.63) is 10.4 Å². The smallest absolute Gasteiger partial charge is 0.343 e. The molecule has 0 atom stereocenters. The first kappa shape index (κ1) is 16.5. The first-order valence-electron chi connectivity index (χ1n) is 6.44. The summed E-state index contributed by atoms with van der Waals surface area (Å²) >= 11 is 1.16. The molecule has 0 unspecified atom stereocenters. The summed E-state index contributed by atoms with van der Waals surface area (Å²) in [5, 5.41) is 3.61. The van der Waals surface area contributed by atoms with Gasteiger partial charge in [-0.1, -0.05) is 0 Å². The lowest BCUT2D eigenvalue weighted by Gasteiger charge is -2.07. The van der Waals surface area contributed by atoms with E-state index in [-0.39, 0.29) is 23.6 Å². The predicted octanol–water partition coefficient (Wildman–Crippen LogP) is 2.16. The van der Waals surface area contributed by atoms with Gasteiger partial charge in [-0.2, -0.15) is 0 Å². The summed E-state index contributed by atoms with van der Waals surface area (Å²) in [5.41, 5.74) is 6.30. The van der Waals surface area contributed by atoms with Crippen LogP contribution in [0.4, 0.5) is 10.7 Å². The minimum atomic E-state index is -0.521. The number of carbonyl (C=O) groups is 2. The maximum Gasteiger partial charge on any atom is 0.343 e. The van der Waals surface area contributed by atoms with Gasteiger partial charge >= 0.3 is 5.97 Å². The molecule has 112 valence electrons. The molecule has 1 rings (SSSR count). The molecule has 0 aliphatic heterocycles. The fourth-order valence-electron chi connectivity index (χ4n) is 1.62. The number of Topliss-reactive ketones (excluding diaryl/α,β-unsaturated/α-hetero) is 1. The Kier molecular flexibility index (Phi) is 6.47. The van der Waals surface area contributed by atoms with Crippen molar-refractivity contribution in [1.82, 2.24) is 0 Å². The molecule has 1 heterocycles. The van der Waals surface area contributed by atoms with E-state index in [0.29, 0.717) is 29.6 Å². The van der Waals surface area contributed by atoms with Gasteiger partial charge in [-0.25, -0.2) is 4.79 Å². The molecule has 20 heavy (non-hydrogen) atoms. The van der Waals surface area contributed by atoms with Gasteiger partial charge in [0.05, 0.1) is 23.8 Å². The normalized spacial score (nSPS) is 10.3. The van der Waals surface area contributed by atoms with E-state index in [1.165, 1.54) is 6.92 Å². The van der Waals surface area contributed by atoms with E-state index in [4.69, 9.17) is 15.2 Å². The Morgan fingerprint density at radius 2 is 2.00 bits per heavy atom. The number of nitrogens with two attached hydrogens (primary N) is 1. The van der Waals surface area contributed by atoms with Crippen LogP contribution < -0.4 is 11.1 Å². The number of esters is 1. The lowest BCUT2D eigenvalue weighted by molar-refractivity contribution is 0.0529. The summed E-state index contributed by atoms with van der Waals surface area (Å²) in [5.74, 6) is -0.691. The van der Waals surface area contributed by atoms with Crippen LogP contribution in [-0.2, 0) is 9.47 Å². The average Bonchev–Trinajstić information content (AvgIpc) is 2.72. The molecule has 3 N–H and O–H groups in total. The molecule has 1 aromatic heterocycles. The molecule has 0 saturated carbocycles. The first-order valence-corrected chi connectivity index (χ1v) is 7.26. The minimum absolute atomic E-state index is 0.170. The van der Waals surface area contributed by atoms with Gasteiger partial charge in [0.25, 0.3) is 0 Å². The van der Waals surface area contributed by atoms with Crippen LogP contribution in [0.5, 0.6) is 0 Å². The van der Waals surface area contributed by atoms with Crippen molar-refractivity contribution >= 4 is 33.8 Å². The molecule has 0 aliphatic rings. The molecule has 0 bridgehead atoms. The number of hydrogen-bond donors (Lipinski definition) is 2. The van der Waals surface area contributed by atoms with E-state index < -0.39 is 5.97 Å². The molecule has 6 nitrogen and oxygen atoms in total. The van der Waals surface area contributed by atoms with Gasteiger partial charge in [-0.05, 0) is 13.8 Å². The lowest BCUT2D eigenvalue weighted by atomic mass is 10.2. The van der Waals surface area contributed by atoms with Crippen LogP contribution in [0.3, 0.4) is 0 Å². The fraction of sp³-hybridized carbons (Fsp3) is 0.538. The van der Waals surface area contributed by atoms with Crippen molar-refractivity contribution in [3.8, 4) is 0 Å². The minimum Gasteiger partial charge on any atom is -0.462 e. The van der Waals surface area contributed by atoms with Gasteiger partial charge in [-0.15, -0.1) is 11.3 Å². The molecule has 0 radical (unpaired) electrons. The van der Waals surface area contributed by atoms with E-state index in [2.05, 4.69) is 5.32 Å². The highest BCUT2D eigenvalue weighted by Gasteiger charge is 2.24. The van der Waals surface area contributed by atoms with Crippen molar-refractivity contribution in [2.24, 2.45) is 0 Å². The summed E-state index contributed by atoms with van der Waals surface area (Å²) in [6.07, 6.45) is 0. The Morgan fingerprint density at radius 1 is 1.30 bits per heavy atom. The van der Waals surface area contributed by atoms with E-state index in [1.54, 1.807) is 6.92 Å². The first-order chi connectivity index (χ1) is 9.52. The van der Waals surface area contributed by atoms with Crippen LogP contribution >= 0.6 is 11.3 Å². The number of nitrogens with one attached hydrogen (secondary N) is 1. The fourth-order valence-corrected chi connectivity index (χ4v) is 2.65. The molecule has 0 amide bonds. The van der Waals surface area contributed by atoms with E-state index in [9.17, 15) is 9.59 Å². The molecule has 0 fully saturated rings. The highest BCUT2D eigenvalue weighted by Crippen LogP contribution is 2.36. The topological polar surface area (TPSA) is 90.6 Å². The van der Waals surface area contributed by atoms with Gasteiger partial charge in [0.2, 0.25) is 0 Å². The Balaban J connectivity index is 2.98. The molecule has 0 aromatic carbocycles. The zero-order valence-corrected chi connectivity index (χ0v) is 12.8. The summed E-state index contributed by atoms with van der Waals surface area (Å²) < 4.78 is 10.2. The van der Waals surface area contributed by atoms with Crippen LogP contribution in [0.1, 0.15) is 40.8 Å². The number of rotatable bonds is 8. The van der Waals surface area contributed by atoms with Crippen LogP contribution in [0, 0.1) is 0 Å². The average molecular weight is 300 g/mol. The summed E-state index contributed by atoms with van der Waals surface area (Å²) in [7, 11) is 0. The van der Waals surface area contributed by atoms with Crippen LogP contribution in [0.25, 0.3) is 0 Å². The number of ketones is 1. The van der Waals surface area contributed by atoms with Crippen molar-refractivity contribution in [2.75, 3.05) is 37.4 Å². The Morgan fingerprint density at radius 3 is 2.55 bits per heavy atom. The molecule has 7 heteroatoms. The monoisotopic (exact) mass is 300 g/mol. The number of anilines is 2. The number of thiophene rings is 1. The third-order valence-corrected chi connectivity index (χ3v) is 3.74. The number of carbonyl (C=O) groups excluding carboxylic acids is 2. The maximum atomic E-state index is 11.9. The van der Waals surface area contributed by atoms with E-state index >= 15 is 0 Å². The largest absolute Gasteiger partial charge is 0.462 e. The molecule has 0 aliphatic carbocycles. The van der Waals surface area contributed by atoms with Crippen LogP contribution in [0.15, 0.2) is 0 Å². The third-order valence-electron chi connectivity index (χ3n) is 2.48. The summed E-state index contributed by atoms with van der Waals surface area (Å²) in [6, 6.07) is 0. The Hall–Kier alpha value is -1.60. The van der Waals surface area contributed by atoms with Gasteiger partial charge in [0.1, 0.15) is 10.6 Å². The van der Waals surface area contributed by atoms with E-state index in [0.717, 1.165) is 11.3 Å². The van der Waals surface area contributed by atoms with E-state index in [1.807, 2.05) is 6.92 Å². The van der Waals surface area contributed by atoms with Gasteiger partial charge in [0, 0.05) is 20.1 Å². The van der Waals surface area contributed by atoms with Crippen LogP contribution in [0.2, 0.25) is 0 Å². The molecule has 1 aromatic rings. The summed E-state index contributed by atoms with van der Waals surface area (Å²) in [6.45, 7) is 6.94. The second kappa shape index (κ2) is 7.86. The molecule has 0 saturated heterocycles. The van der Waals surface area contributed by atoms with Gasteiger partial charge in [-0.3, -0.25) is 4.79 Å². The zero-order valence-electron chi connectivity index (χ0n) is 11.9. The molecular formula is C13H20N2O4S. The third kappa shape index (κ3) is 3.94. The summed E-state index contributed by atoms with van der Waals surface area (Å²) in [4.78, 5) is 23.8. The zero-order chi connectivity index (χ0) is 15.1. The van der Waals surface area contributed by atoms with Crippen molar-refractivity contribution in [1.29, 1.82) is 0 Å². The number of hydrogen-bond acceptors (Lipinski definition) is 7.